The highest BCUT2D eigenvalue weighted by Gasteiger charge is 2.18. The Morgan fingerprint density at radius 1 is 1.42 bits per heavy atom. The highest BCUT2D eigenvalue weighted by molar-refractivity contribution is 5.16. The van der Waals surface area contributed by atoms with Crippen molar-refractivity contribution in [1.82, 2.24) is 10.2 Å². The number of piperidine rings is 1. The first-order valence-corrected chi connectivity index (χ1v) is 7.24. The molecular weight excluding hydrogens is 240 g/mol. The number of nitrogens with one attached hydrogen (secondary N) is 1. The van der Waals surface area contributed by atoms with Crippen molar-refractivity contribution in [3.8, 4) is 0 Å². The van der Waals surface area contributed by atoms with Crippen LogP contribution in [0.25, 0.3) is 0 Å². The van der Waals surface area contributed by atoms with Crippen molar-refractivity contribution < 1.29 is 9.15 Å². The average molecular weight is 266 g/mol. The smallest absolute Gasteiger partial charge is 0.133 e. The van der Waals surface area contributed by atoms with Crippen molar-refractivity contribution in [2.45, 2.75) is 52.0 Å². The molecule has 1 N–H and O–H groups in total. The van der Waals surface area contributed by atoms with E-state index < -0.39 is 0 Å². The molecule has 1 fully saturated rings. The molecule has 19 heavy (non-hydrogen) atoms. The first-order valence-electron chi connectivity index (χ1n) is 7.24. The van der Waals surface area contributed by atoms with Gasteiger partial charge in [0.05, 0.1) is 12.4 Å². The lowest BCUT2D eigenvalue weighted by Crippen LogP contribution is -2.34. The third kappa shape index (κ3) is 4.64. The zero-order chi connectivity index (χ0) is 13.7. The number of hydrogen-bond acceptors (Lipinski definition) is 4. The van der Waals surface area contributed by atoms with E-state index in [0.717, 1.165) is 38.2 Å². The van der Waals surface area contributed by atoms with Gasteiger partial charge in [0.25, 0.3) is 0 Å². The summed E-state index contributed by atoms with van der Waals surface area (Å²) in [5.41, 5.74) is 1.21. The number of furan rings is 1. The molecule has 1 saturated heterocycles. The summed E-state index contributed by atoms with van der Waals surface area (Å²) in [5.74, 6) is 0.965. The van der Waals surface area contributed by atoms with Crippen LogP contribution in [0.2, 0.25) is 0 Å². The zero-order valence-corrected chi connectivity index (χ0v) is 12.3. The highest BCUT2D eigenvalue weighted by Crippen LogP contribution is 2.17. The van der Waals surface area contributed by atoms with Crippen LogP contribution in [-0.4, -0.2) is 37.2 Å². The van der Waals surface area contributed by atoms with Gasteiger partial charge in [0.1, 0.15) is 12.4 Å². The fourth-order valence-electron chi connectivity index (χ4n) is 2.31. The lowest BCUT2D eigenvalue weighted by atomic mass is 10.1. The van der Waals surface area contributed by atoms with Gasteiger partial charge in [-0.25, -0.2) is 0 Å². The van der Waals surface area contributed by atoms with Gasteiger partial charge in [-0.1, -0.05) is 13.8 Å². The van der Waals surface area contributed by atoms with E-state index in [-0.39, 0.29) is 0 Å². The molecule has 4 heteroatoms. The van der Waals surface area contributed by atoms with Crippen LogP contribution < -0.4 is 5.32 Å². The summed E-state index contributed by atoms with van der Waals surface area (Å²) in [6.45, 7) is 8.00. The molecule has 108 valence electrons. The fourth-order valence-corrected chi connectivity index (χ4v) is 2.31. The molecule has 2 rings (SSSR count). The van der Waals surface area contributed by atoms with Crippen molar-refractivity contribution in [2.75, 3.05) is 20.1 Å². The standard InChI is InChI=1S/C15H26N2O2/c1-12(2)16-10-13-6-9-18-15(13)11-19-14-4-7-17(3)8-5-14/h6,9,12,14,16H,4-5,7-8,10-11H2,1-3H3. The third-order valence-corrected chi connectivity index (χ3v) is 3.65. The summed E-state index contributed by atoms with van der Waals surface area (Å²) < 4.78 is 11.5. The first kappa shape index (κ1) is 14.6. The normalized spacial score (nSPS) is 18.3. The van der Waals surface area contributed by atoms with Crippen LogP contribution in [0.4, 0.5) is 0 Å². The van der Waals surface area contributed by atoms with Crippen LogP contribution in [0.5, 0.6) is 0 Å². The molecule has 0 amide bonds. The Hall–Kier alpha value is -0.840. The Labute approximate surface area is 116 Å². The van der Waals surface area contributed by atoms with E-state index >= 15 is 0 Å². The van der Waals surface area contributed by atoms with E-state index in [4.69, 9.17) is 9.15 Å². The Bertz CT molecular complexity index is 368. The summed E-state index contributed by atoms with van der Waals surface area (Å²) in [5, 5.41) is 3.41. The number of nitrogens with zero attached hydrogens (tertiary/aromatic N) is 1. The van der Waals surface area contributed by atoms with Gasteiger partial charge in [0.2, 0.25) is 0 Å². The molecule has 0 bridgehead atoms. The summed E-state index contributed by atoms with van der Waals surface area (Å²) in [7, 11) is 2.17. The second kappa shape index (κ2) is 7.08. The van der Waals surface area contributed by atoms with Gasteiger partial charge in [0.15, 0.2) is 0 Å². The van der Waals surface area contributed by atoms with E-state index in [9.17, 15) is 0 Å². The first-order chi connectivity index (χ1) is 9.15. The quantitative estimate of drug-likeness (QED) is 0.858. The second-order valence-electron chi connectivity index (χ2n) is 5.72. The molecule has 0 atom stereocenters. The second-order valence-corrected chi connectivity index (χ2v) is 5.72. The van der Waals surface area contributed by atoms with Gasteiger partial charge in [-0.2, -0.15) is 0 Å². The van der Waals surface area contributed by atoms with E-state index in [0.29, 0.717) is 18.8 Å². The predicted octanol–water partition coefficient (Wildman–Crippen LogP) is 2.39. The lowest BCUT2D eigenvalue weighted by Gasteiger charge is -2.28. The molecule has 1 aromatic rings. The van der Waals surface area contributed by atoms with E-state index in [2.05, 4.69) is 31.1 Å². The van der Waals surface area contributed by atoms with Gasteiger partial charge < -0.3 is 19.4 Å². The van der Waals surface area contributed by atoms with Crippen molar-refractivity contribution in [2.24, 2.45) is 0 Å². The van der Waals surface area contributed by atoms with Crippen LogP contribution in [-0.2, 0) is 17.9 Å². The topological polar surface area (TPSA) is 37.6 Å². The Morgan fingerprint density at radius 2 is 2.16 bits per heavy atom. The van der Waals surface area contributed by atoms with Crippen LogP contribution in [0, 0.1) is 0 Å². The molecule has 0 saturated carbocycles. The predicted molar refractivity (Wildman–Crippen MR) is 76.0 cm³/mol. The summed E-state index contributed by atoms with van der Waals surface area (Å²) in [6, 6.07) is 2.51. The largest absolute Gasteiger partial charge is 0.467 e. The van der Waals surface area contributed by atoms with Gasteiger partial charge in [-0.3, -0.25) is 0 Å². The molecule has 0 unspecified atom stereocenters. The zero-order valence-electron chi connectivity index (χ0n) is 12.3. The molecule has 2 heterocycles. The van der Waals surface area contributed by atoms with Crippen molar-refractivity contribution in [1.29, 1.82) is 0 Å². The van der Waals surface area contributed by atoms with Crippen LogP contribution >= 0.6 is 0 Å². The SMILES string of the molecule is CC(C)NCc1ccoc1COC1CCN(C)CC1. The number of ether oxygens (including phenoxy) is 1. The maximum absolute atomic E-state index is 5.97. The minimum absolute atomic E-state index is 0.382. The molecule has 1 aliphatic heterocycles. The van der Waals surface area contributed by atoms with Gasteiger partial charge in [-0.15, -0.1) is 0 Å². The lowest BCUT2D eigenvalue weighted by molar-refractivity contribution is -0.00518. The number of rotatable bonds is 6. The van der Waals surface area contributed by atoms with Crippen LogP contribution in [0.15, 0.2) is 16.7 Å². The van der Waals surface area contributed by atoms with Gasteiger partial charge in [0, 0.05) is 31.2 Å². The molecule has 0 aliphatic carbocycles. The van der Waals surface area contributed by atoms with E-state index in [1.54, 1.807) is 6.26 Å². The molecule has 0 aromatic carbocycles. The van der Waals surface area contributed by atoms with Crippen LogP contribution in [0.3, 0.4) is 0 Å². The molecule has 1 aliphatic rings. The summed E-state index contributed by atoms with van der Waals surface area (Å²) >= 11 is 0. The summed E-state index contributed by atoms with van der Waals surface area (Å²) in [4.78, 5) is 2.35. The van der Waals surface area contributed by atoms with E-state index in [1.165, 1.54) is 5.56 Å². The highest BCUT2D eigenvalue weighted by atomic mass is 16.5. The van der Waals surface area contributed by atoms with E-state index in [1.807, 2.05) is 6.07 Å². The molecular formula is C15H26N2O2. The molecule has 1 aromatic heterocycles. The number of likely N-dealkylation sites (tertiary alicyclic amines) is 1. The van der Waals surface area contributed by atoms with Crippen molar-refractivity contribution in [3.63, 3.8) is 0 Å². The fraction of sp³-hybridized carbons (Fsp3) is 0.733. The average Bonchev–Trinajstić information content (AvgIpc) is 2.83. The number of hydrogen-bond donors (Lipinski definition) is 1. The maximum atomic E-state index is 5.97. The summed E-state index contributed by atoms with van der Waals surface area (Å²) in [6.07, 6.45) is 4.38. The van der Waals surface area contributed by atoms with Crippen molar-refractivity contribution >= 4 is 0 Å². The van der Waals surface area contributed by atoms with Gasteiger partial charge >= 0.3 is 0 Å². The minimum atomic E-state index is 0.382. The monoisotopic (exact) mass is 266 g/mol. The van der Waals surface area contributed by atoms with Crippen molar-refractivity contribution in [3.05, 3.63) is 23.7 Å². The third-order valence-electron chi connectivity index (χ3n) is 3.65. The molecule has 4 nitrogen and oxygen atoms in total. The molecule has 0 spiro atoms. The van der Waals surface area contributed by atoms with Gasteiger partial charge in [-0.05, 0) is 26.0 Å². The van der Waals surface area contributed by atoms with Crippen LogP contribution in [0.1, 0.15) is 38.0 Å². The Balaban J connectivity index is 1.78. The Kier molecular flexibility index (Phi) is 5.43. The minimum Gasteiger partial charge on any atom is -0.467 e. The molecule has 0 radical (unpaired) electrons. The maximum Gasteiger partial charge on any atom is 0.133 e. The Morgan fingerprint density at radius 3 is 2.84 bits per heavy atom.